The summed E-state index contributed by atoms with van der Waals surface area (Å²) in [6.45, 7) is 2.55. The Bertz CT molecular complexity index is 455. The second-order valence-electron chi connectivity index (χ2n) is 4.07. The first-order valence-corrected chi connectivity index (χ1v) is 6.41. The van der Waals surface area contributed by atoms with E-state index >= 15 is 0 Å². The summed E-state index contributed by atoms with van der Waals surface area (Å²) in [6, 6.07) is 4.77. The number of rotatable bonds is 3. The Morgan fingerprint density at radius 3 is 3.00 bits per heavy atom. The topological polar surface area (TPSA) is 81.6 Å². The molecule has 1 aliphatic heterocycles. The molecule has 0 amide bonds. The van der Waals surface area contributed by atoms with E-state index in [-0.39, 0.29) is 11.8 Å². The van der Waals surface area contributed by atoms with Gasteiger partial charge in [-0.25, -0.2) is 0 Å². The minimum atomic E-state index is -0.406. The van der Waals surface area contributed by atoms with Gasteiger partial charge in [-0.1, -0.05) is 0 Å². The summed E-state index contributed by atoms with van der Waals surface area (Å²) in [5, 5.41) is 10.7. The first-order valence-electron chi connectivity index (χ1n) is 5.62. The average molecular weight is 316 g/mol. The van der Waals surface area contributed by atoms with Gasteiger partial charge in [0.1, 0.15) is 0 Å². The monoisotopic (exact) mass is 315 g/mol. The van der Waals surface area contributed by atoms with Crippen LogP contribution in [0.2, 0.25) is 0 Å². The second-order valence-corrected chi connectivity index (χ2v) is 4.92. The van der Waals surface area contributed by atoms with E-state index in [1.807, 2.05) is 0 Å². The maximum Gasteiger partial charge on any atom is 0.270 e. The number of morpholine rings is 1. The molecule has 0 aliphatic carbocycles. The van der Waals surface area contributed by atoms with Crippen molar-refractivity contribution in [2.75, 3.05) is 31.1 Å². The number of ether oxygens (including phenoxy) is 1. The third kappa shape index (κ3) is 2.80. The van der Waals surface area contributed by atoms with Gasteiger partial charge < -0.3 is 15.4 Å². The van der Waals surface area contributed by atoms with Gasteiger partial charge in [-0.3, -0.25) is 10.1 Å². The molecule has 1 aromatic carbocycles. The number of nitrogens with two attached hydrogens (primary N) is 1. The molecule has 1 aromatic rings. The smallest absolute Gasteiger partial charge is 0.270 e. The molecule has 1 saturated heterocycles. The Labute approximate surface area is 113 Å². The number of hydrogen-bond donors (Lipinski definition) is 1. The maximum atomic E-state index is 10.7. The van der Waals surface area contributed by atoms with Crippen molar-refractivity contribution in [1.29, 1.82) is 0 Å². The fraction of sp³-hybridized carbons (Fsp3) is 0.455. The van der Waals surface area contributed by atoms with Crippen LogP contribution in [0.1, 0.15) is 0 Å². The first kappa shape index (κ1) is 13.3. The van der Waals surface area contributed by atoms with Gasteiger partial charge in [0, 0.05) is 36.2 Å². The van der Waals surface area contributed by atoms with Crippen molar-refractivity contribution < 1.29 is 9.66 Å². The number of benzene rings is 1. The summed E-state index contributed by atoms with van der Waals surface area (Å²) in [6.07, 6.45) is 0.0147. The summed E-state index contributed by atoms with van der Waals surface area (Å²) < 4.78 is 6.21. The van der Waals surface area contributed by atoms with Crippen LogP contribution >= 0.6 is 15.9 Å². The van der Waals surface area contributed by atoms with Gasteiger partial charge in [-0.05, 0) is 22.0 Å². The van der Waals surface area contributed by atoms with E-state index in [1.54, 1.807) is 6.07 Å². The first-order chi connectivity index (χ1) is 8.61. The van der Waals surface area contributed by atoms with Crippen LogP contribution in [0, 0.1) is 10.1 Å². The minimum absolute atomic E-state index is 0.0147. The molecule has 0 saturated carbocycles. The predicted molar refractivity (Wildman–Crippen MR) is 71.8 cm³/mol. The van der Waals surface area contributed by atoms with Crippen molar-refractivity contribution in [3.63, 3.8) is 0 Å². The predicted octanol–water partition coefficient (Wildman–Crippen LogP) is 1.52. The molecule has 0 radical (unpaired) electrons. The highest BCUT2D eigenvalue weighted by Crippen LogP contribution is 2.31. The zero-order valence-corrected chi connectivity index (χ0v) is 11.3. The number of halogens is 1. The normalized spacial score (nSPS) is 19.9. The fourth-order valence-electron chi connectivity index (χ4n) is 1.95. The molecule has 98 valence electrons. The highest BCUT2D eigenvalue weighted by atomic mass is 79.9. The molecular formula is C11H14BrN3O3. The molecule has 2 N–H and O–H groups in total. The van der Waals surface area contributed by atoms with E-state index in [2.05, 4.69) is 20.8 Å². The van der Waals surface area contributed by atoms with Gasteiger partial charge in [0.05, 0.1) is 23.3 Å². The fourth-order valence-corrected chi connectivity index (χ4v) is 2.56. The van der Waals surface area contributed by atoms with E-state index in [0.29, 0.717) is 19.7 Å². The largest absolute Gasteiger partial charge is 0.373 e. The molecule has 1 aliphatic rings. The quantitative estimate of drug-likeness (QED) is 0.675. The molecule has 0 bridgehead atoms. The molecule has 1 heterocycles. The molecule has 1 unspecified atom stereocenters. The van der Waals surface area contributed by atoms with Crippen LogP contribution in [0.25, 0.3) is 0 Å². The lowest BCUT2D eigenvalue weighted by molar-refractivity contribution is -0.384. The van der Waals surface area contributed by atoms with Crippen LogP contribution < -0.4 is 10.6 Å². The van der Waals surface area contributed by atoms with E-state index in [9.17, 15) is 10.1 Å². The Morgan fingerprint density at radius 2 is 2.39 bits per heavy atom. The summed E-state index contributed by atoms with van der Waals surface area (Å²) in [7, 11) is 0. The van der Waals surface area contributed by atoms with Crippen LogP contribution in [0.5, 0.6) is 0 Å². The van der Waals surface area contributed by atoms with Gasteiger partial charge in [0.15, 0.2) is 0 Å². The van der Waals surface area contributed by atoms with E-state index in [4.69, 9.17) is 10.5 Å². The Balaban J connectivity index is 2.20. The summed E-state index contributed by atoms with van der Waals surface area (Å²) in [4.78, 5) is 12.4. The lowest BCUT2D eigenvalue weighted by Crippen LogP contribution is -2.45. The van der Waals surface area contributed by atoms with Crippen LogP contribution in [-0.4, -0.2) is 37.3 Å². The summed E-state index contributed by atoms with van der Waals surface area (Å²) in [5.74, 6) is 0. The van der Waals surface area contributed by atoms with E-state index in [1.165, 1.54) is 12.1 Å². The standard InChI is InChI=1S/C11H14BrN3O3/c12-10-5-8(15(16)17)1-2-11(10)14-3-4-18-9(6-13)7-14/h1-2,5,9H,3-4,6-7,13H2. The number of nitrogens with zero attached hydrogens (tertiary/aromatic N) is 2. The van der Waals surface area contributed by atoms with Gasteiger partial charge >= 0.3 is 0 Å². The summed E-state index contributed by atoms with van der Waals surface area (Å²) >= 11 is 3.37. The van der Waals surface area contributed by atoms with E-state index < -0.39 is 4.92 Å². The van der Waals surface area contributed by atoms with Crippen molar-refractivity contribution in [3.8, 4) is 0 Å². The maximum absolute atomic E-state index is 10.7. The molecule has 2 rings (SSSR count). The Morgan fingerprint density at radius 1 is 1.61 bits per heavy atom. The highest BCUT2D eigenvalue weighted by molar-refractivity contribution is 9.10. The second kappa shape index (κ2) is 5.64. The number of non-ortho nitro benzene ring substituents is 1. The Kier molecular flexibility index (Phi) is 4.15. The SMILES string of the molecule is NCC1CN(c2ccc([N+](=O)[O-])cc2Br)CCO1. The van der Waals surface area contributed by atoms with Gasteiger partial charge in [0.2, 0.25) is 0 Å². The lowest BCUT2D eigenvalue weighted by atomic mass is 10.2. The van der Waals surface area contributed by atoms with Crippen LogP contribution in [0.4, 0.5) is 11.4 Å². The number of nitro groups is 1. The molecule has 6 nitrogen and oxygen atoms in total. The van der Waals surface area contributed by atoms with Gasteiger partial charge in [-0.2, -0.15) is 0 Å². The minimum Gasteiger partial charge on any atom is -0.373 e. The van der Waals surface area contributed by atoms with Crippen LogP contribution in [-0.2, 0) is 4.74 Å². The molecule has 0 aromatic heterocycles. The van der Waals surface area contributed by atoms with Crippen LogP contribution in [0.15, 0.2) is 22.7 Å². The molecule has 18 heavy (non-hydrogen) atoms. The highest BCUT2D eigenvalue weighted by Gasteiger charge is 2.21. The molecule has 7 heteroatoms. The van der Waals surface area contributed by atoms with Crippen molar-refractivity contribution in [1.82, 2.24) is 0 Å². The van der Waals surface area contributed by atoms with Crippen molar-refractivity contribution in [2.45, 2.75) is 6.10 Å². The molecule has 1 fully saturated rings. The number of anilines is 1. The van der Waals surface area contributed by atoms with Crippen LogP contribution in [0.3, 0.4) is 0 Å². The van der Waals surface area contributed by atoms with Gasteiger partial charge in [-0.15, -0.1) is 0 Å². The van der Waals surface area contributed by atoms with Crippen molar-refractivity contribution >= 4 is 27.3 Å². The van der Waals surface area contributed by atoms with Crippen molar-refractivity contribution in [2.24, 2.45) is 5.73 Å². The zero-order valence-electron chi connectivity index (χ0n) is 9.71. The lowest BCUT2D eigenvalue weighted by Gasteiger charge is -2.34. The zero-order chi connectivity index (χ0) is 13.1. The summed E-state index contributed by atoms with van der Waals surface area (Å²) in [5.41, 5.74) is 6.60. The third-order valence-corrected chi connectivity index (χ3v) is 3.52. The average Bonchev–Trinajstić information content (AvgIpc) is 2.38. The molecule has 0 spiro atoms. The Hall–Kier alpha value is -1.18. The van der Waals surface area contributed by atoms with E-state index in [0.717, 1.165) is 16.7 Å². The number of nitro benzene ring substituents is 1. The van der Waals surface area contributed by atoms with Crippen molar-refractivity contribution in [3.05, 3.63) is 32.8 Å². The van der Waals surface area contributed by atoms with Gasteiger partial charge in [0.25, 0.3) is 5.69 Å². The molecular weight excluding hydrogens is 302 g/mol. The third-order valence-electron chi connectivity index (χ3n) is 2.88. The number of hydrogen-bond acceptors (Lipinski definition) is 5. The molecule has 1 atom stereocenters.